The fraction of sp³-hybridized carbons (Fsp3) is 0.154. The standard InChI is InChI=1S/C13H11N3O2/c1-2-18-13(17)16-8-12(15-9-16)11-5-3-10(7-14)4-6-11/h3-6,8-9H,2H2,1H3. The number of nitriles is 1. The minimum absolute atomic E-state index is 0.323. The molecule has 2 rings (SSSR count). The molecule has 0 saturated carbocycles. The topological polar surface area (TPSA) is 67.9 Å². The third-order valence-electron chi connectivity index (χ3n) is 2.37. The number of aromatic nitrogens is 2. The zero-order valence-corrected chi connectivity index (χ0v) is 9.83. The van der Waals surface area contributed by atoms with Crippen molar-refractivity contribution in [1.29, 1.82) is 5.26 Å². The molecule has 5 nitrogen and oxygen atoms in total. The second-order valence-electron chi connectivity index (χ2n) is 3.55. The first kappa shape index (κ1) is 11.9. The van der Waals surface area contributed by atoms with E-state index in [1.165, 1.54) is 10.9 Å². The molecule has 0 aliphatic rings. The highest BCUT2D eigenvalue weighted by Gasteiger charge is 2.08. The molecule has 1 aromatic heterocycles. The molecule has 0 aliphatic carbocycles. The smallest absolute Gasteiger partial charge is 0.419 e. The van der Waals surface area contributed by atoms with Crippen molar-refractivity contribution in [3.63, 3.8) is 0 Å². The number of imidazole rings is 1. The van der Waals surface area contributed by atoms with Gasteiger partial charge in [0, 0.05) is 11.8 Å². The minimum Gasteiger partial charge on any atom is -0.449 e. The van der Waals surface area contributed by atoms with Crippen LogP contribution in [0.5, 0.6) is 0 Å². The highest BCUT2D eigenvalue weighted by atomic mass is 16.5. The molecule has 1 aromatic carbocycles. The average Bonchev–Trinajstić information content (AvgIpc) is 2.89. The summed E-state index contributed by atoms with van der Waals surface area (Å²) in [4.78, 5) is 15.6. The molecule has 0 amide bonds. The number of nitrogens with zero attached hydrogens (tertiary/aromatic N) is 3. The fourth-order valence-corrected chi connectivity index (χ4v) is 1.49. The van der Waals surface area contributed by atoms with Crippen LogP contribution in [0.2, 0.25) is 0 Å². The zero-order chi connectivity index (χ0) is 13.0. The first-order valence-corrected chi connectivity index (χ1v) is 5.46. The van der Waals surface area contributed by atoms with Crippen LogP contribution in [0.3, 0.4) is 0 Å². The van der Waals surface area contributed by atoms with Gasteiger partial charge < -0.3 is 4.74 Å². The van der Waals surface area contributed by atoms with Crippen molar-refractivity contribution in [3.05, 3.63) is 42.4 Å². The van der Waals surface area contributed by atoms with Crippen LogP contribution in [-0.2, 0) is 4.74 Å². The molecule has 90 valence electrons. The summed E-state index contributed by atoms with van der Waals surface area (Å²) < 4.78 is 6.14. The van der Waals surface area contributed by atoms with E-state index >= 15 is 0 Å². The Balaban J connectivity index is 2.24. The monoisotopic (exact) mass is 241 g/mol. The van der Waals surface area contributed by atoms with Gasteiger partial charge in [0.15, 0.2) is 0 Å². The first-order chi connectivity index (χ1) is 8.74. The third kappa shape index (κ3) is 2.38. The van der Waals surface area contributed by atoms with E-state index in [-0.39, 0.29) is 0 Å². The van der Waals surface area contributed by atoms with Crippen molar-refractivity contribution >= 4 is 6.09 Å². The Labute approximate surface area is 104 Å². The minimum atomic E-state index is -0.454. The van der Waals surface area contributed by atoms with E-state index in [0.29, 0.717) is 17.9 Å². The van der Waals surface area contributed by atoms with Gasteiger partial charge in [0.25, 0.3) is 0 Å². The highest BCUT2D eigenvalue weighted by Crippen LogP contribution is 2.17. The molecular formula is C13H11N3O2. The van der Waals surface area contributed by atoms with Crippen LogP contribution in [-0.4, -0.2) is 22.3 Å². The molecule has 0 spiro atoms. The normalized spacial score (nSPS) is 9.78. The van der Waals surface area contributed by atoms with Gasteiger partial charge in [-0.1, -0.05) is 12.1 Å². The Morgan fingerprint density at radius 1 is 1.44 bits per heavy atom. The maximum Gasteiger partial charge on any atom is 0.419 e. The maximum atomic E-state index is 11.4. The van der Waals surface area contributed by atoms with Crippen molar-refractivity contribution in [3.8, 4) is 17.3 Å². The molecule has 0 unspecified atom stereocenters. The highest BCUT2D eigenvalue weighted by molar-refractivity contribution is 5.72. The van der Waals surface area contributed by atoms with Crippen molar-refractivity contribution in [1.82, 2.24) is 9.55 Å². The van der Waals surface area contributed by atoms with Crippen LogP contribution >= 0.6 is 0 Å². The number of carbonyl (C=O) groups excluding carboxylic acids is 1. The zero-order valence-electron chi connectivity index (χ0n) is 9.83. The van der Waals surface area contributed by atoms with Crippen molar-refractivity contribution < 1.29 is 9.53 Å². The predicted octanol–water partition coefficient (Wildman–Crippen LogP) is 2.43. The quantitative estimate of drug-likeness (QED) is 0.809. The summed E-state index contributed by atoms with van der Waals surface area (Å²) in [5.41, 5.74) is 2.09. The van der Waals surface area contributed by atoms with E-state index in [9.17, 15) is 4.79 Å². The number of carbonyl (C=O) groups is 1. The van der Waals surface area contributed by atoms with Gasteiger partial charge in [-0.15, -0.1) is 0 Å². The largest absolute Gasteiger partial charge is 0.449 e. The summed E-state index contributed by atoms with van der Waals surface area (Å²) in [6.07, 6.45) is 2.55. The summed E-state index contributed by atoms with van der Waals surface area (Å²) in [6.45, 7) is 2.07. The molecule has 0 saturated heterocycles. The van der Waals surface area contributed by atoms with E-state index in [1.807, 2.05) is 6.07 Å². The van der Waals surface area contributed by atoms with Gasteiger partial charge in [-0.25, -0.2) is 14.3 Å². The Morgan fingerprint density at radius 3 is 2.78 bits per heavy atom. The summed E-state index contributed by atoms with van der Waals surface area (Å²) in [5.74, 6) is 0. The lowest BCUT2D eigenvalue weighted by molar-refractivity contribution is 0.154. The van der Waals surface area contributed by atoms with Gasteiger partial charge in [0.05, 0.1) is 23.9 Å². The second kappa shape index (κ2) is 5.15. The molecule has 0 atom stereocenters. The van der Waals surface area contributed by atoms with Crippen molar-refractivity contribution in [2.45, 2.75) is 6.92 Å². The lowest BCUT2D eigenvalue weighted by Crippen LogP contribution is -2.10. The maximum absolute atomic E-state index is 11.4. The molecule has 0 bridgehead atoms. The van der Waals surface area contributed by atoms with Gasteiger partial charge in [-0.2, -0.15) is 5.26 Å². The van der Waals surface area contributed by atoms with E-state index in [1.54, 1.807) is 37.4 Å². The molecule has 18 heavy (non-hydrogen) atoms. The molecule has 0 N–H and O–H groups in total. The van der Waals surface area contributed by atoms with E-state index in [2.05, 4.69) is 4.98 Å². The number of hydrogen-bond donors (Lipinski definition) is 0. The van der Waals surface area contributed by atoms with Crippen LogP contribution in [0.25, 0.3) is 11.3 Å². The van der Waals surface area contributed by atoms with Gasteiger partial charge in [0.1, 0.15) is 6.33 Å². The Kier molecular flexibility index (Phi) is 3.39. The van der Waals surface area contributed by atoms with E-state index in [4.69, 9.17) is 10.00 Å². The van der Waals surface area contributed by atoms with Crippen molar-refractivity contribution in [2.24, 2.45) is 0 Å². The molecular weight excluding hydrogens is 230 g/mol. The average molecular weight is 241 g/mol. The first-order valence-electron chi connectivity index (χ1n) is 5.46. The van der Waals surface area contributed by atoms with Gasteiger partial charge in [-0.3, -0.25) is 0 Å². The molecule has 2 aromatic rings. The summed E-state index contributed by atoms with van der Waals surface area (Å²) in [5, 5.41) is 8.70. The van der Waals surface area contributed by atoms with Gasteiger partial charge in [0.2, 0.25) is 0 Å². The SMILES string of the molecule is CCOC(=O)n1cnc(-c2ccc(C#N)cc2)c1. The predicted molar refractivity (Wildman–Crippen MR) is 64.8 cm³/mol. The number of hydrogen-bond acceptors (Lipinski definition) is 4. The van der Waals surface area contributed by atoms with Crippen molar-refractivity contribution in [2.75, 3.05) is 6.61 Å². The van der Waals surface area contributed by atoms with Crippen LogP contribution in [0.15, 0.2) is 36.8 Å². The summed E-state index contributed by atoms with van der Waals surface area (Å²) >= 11 is 0. The lowest BCUT2D eigenvalue weighted by Gasteiger charge is -1.99. The van der Waals surface area contributed by atoms with Gasteiger partial charge in [-0.05, 0) is 19.1 Å². The fourth-order valence-electron chi connectivity index (χ4n) is 1.49. The van der Waals surface area contributed by atoms with Crippen LogP contribution < -0.4 is 0 Å². The second-order valence-corrected chi connectivity index (χ2v) is 3.55. The lowest BCUT2D eigenvalue weighted by atomic mass is 10.1. The van der Waals surface area contributed by atoms with E-state index < -0.39 is 6.09 Å². The number of rotatable bonds is 2. The van der Waals surface area contributed by atoms with Gasteiger partial charge >= 0.3 is 6.09 Å². The molecule has 0 fully saturated rings. The van der Waals surface area contributed by atoms with Crippen LogP contribution in [0.1, 0.15) is 12.5 Å². The summed E-state index contributed by atoms with van der Waals surface area (Å²) in [6, 6.07) is 9.04. The van der Waals surface area contributed by atoms with Crippen LogP contribution in [0.4, 0.5) is 4.79 Å². The summed E-state index contributed by atoms with van der Waals surface area (Å²) in [7, 11) is 0. The molecule has 0 aliphatic heterocycles. The Hall–Kier alpha value is -2.61. The Morgan fingerprint density at radius 2 is 2.17 bits per heavy atom. The molecule has 5 heteroatoms. The number of ether oxygens (including phenoxy) is 1. The van der Waals surface area contributed by atoms with E-state index in [0.717, 1.165) is 5.56 Å². The molecule has 1 heterocycles. The molecule has 0 radical (unpaired) electrons. The Bertz CT molecular complexity index is 593. The third-order valence-corrected chi connectivity index (χ3v) is 2.37. The van der Waals surface area contributed by atoms with Crippen LogP contribution in [0, 0.1) is 11.3 Å². The number of benzene rings is 1.